The number of carbonyl (C=O) groups excluding carboxylic acids is 2. The molecule has 0 radical (unpaired) electrons. The summed E-state index contributed by atoms with van der Waals surface area (Å²) in [4.78, 5) is 25.4. The summed E-state index contributed by atoms with van der Waals surface area (Å²) < 4.78 is 91.7. The fourth-order valence-electron chi connectivity index (χ4n) is 5.36. The van der Waals surface area contributed by atoms with Crippen LogP contribution in [0.2, 0.25) is 0 Å². The molecule has 4 N–H and O–H groups in total. The Kier molecular flexibility index (Phi) is 11.0. The molecular weight excluding hydrogens is 779 g/mol. The monoisotopic (exact) mass is 802 g/mol. The molecule has 0 fully saturated rings. The SMILES string of the molecule is O=C(CSc1nnnn1-c1ccccc1)Nc1ccc(C(c2ccc(NC(=O)CSc3nnnn3-c3ccccc3)c(O)c2)(C(F)(F)F)C(F)(F)F)cc1O. The Morgan fingerprint density at radius 1 is 0.600 bits per heavy atom. The molecule has 0 atom stereocenters. The second-order valence-electron chi connectivity index (χ2n) is 11.3. The molecule has 0 aliphatic carbocycles. The standard InChI is InChI=1S/C33H24F6N10O4S2/c34-32(35,36)31(33(37,38)39,19-11-13-23(25(50)15-19)40-27(52)17-54-29-42-44-46-48(29)21-7-3-1-4-8-21)20-12-14-24(26(51)16-20)41-28(53)18-55-30-43-45-47-49(30)22-9-5-2-6-10-22/h1-16,50-51H,17-18H2,(H,40,52)(H,41,53). The van der Waals surface area contributed by atoms with E-state index in [1.54, 1.807) is 60.7 Å². The van der Waals surface area contributed by atoms with Gasteiger partial charge in [-0.05, 0) is 80.5 Å². The van der Waals surface area contributed by atoms with Crippen molar-refractivity contribution in [3.05, 3.63) is 108 Å². The lowest BCUT2D eigenvalue weighted by atomic mass is 9.72. The summed E-state index contributed by atoms with van der Waals surface area (Å²) in [6.45, 7) is 0. The van der Waals surface area contributed by atoms with Crippen LogP contribution in [0.5, 0.6) is 11.5 Å². The van der Waals surface area contributed by atoms with Crippen LogP contribution in [0, 0.1) is 0 Å². The fourth-order valence-corrected chi connectivity index (χ4v) is 6.74. The van der Waals surface area contributed by atoms with Gasteiger partial charge in [0.05, 0.1) is 34.3 Å². The number of aromatic hydroxyl groups is 2. The number of hydrogen-bond acceptors (Lipinski definition) is 12. The summed E-state index contributed by atoms with van der Waals surface area (Å²) in [5.41, 5.74) is -7.51. The van der Waals surface area contributed by atoms with Crippen molar-refractivity contribution >= 4 is 46.7 Å². The third-order valence-corrected chi connectivity index (χ3v) is 9.65. The molecule has 14 nitrogen and oxygen atoms in total. The van der Waals surface area contributed by atoms with Gasteiger partial charge in [0.1, 0.15) is 11.5 Å². The van der Waals surface area contributed by atoms with E-state index in [4.69, 9.17) is 0 Å². The number of anilines is 2. The van der Waals surface area contributed by atoms with Crippen LogP contribution in [-0.4, -0.2) is 86.3 Å². The Morgan fingerprint density at radius 2 is 0.982 bits per heavy atom. The minimum Gasteiger partial charge on any atom is -0.506 e. The molecule has 0 saturated heterocycles. The van der Waals surface area contributed by atoms with Gasteiger partial charge in [-0.3, -0.25) is 9.59 Å². The minimum atomic E-state index is -6.08. The molecule has 284 valence electrons. The predicted molar refractivity (Wildman–Crippen MR) is 186 cm³/mol. The zero-order valence-corrected chi connectivity index (χ0v) is 29.2. The number of nitrogens with one attached hydrogen (secondary N) is 2. The van der Waals surface area contributed by atoms with Gasteiger partial charge in [0.15, 0.2) is 0 Å². The van der Waals surface area contributed by atoms with Crippen molar-refractivity contribution in [3.8, 4) is 22.9 Å². The number of alkyl halides is 6. The number of rotatable bonds is 12. The summed E-state index contributed by atoms with van der Waals surface area (Å²) >= 11 is 1.75. The molecule has 0 bridgehead atoms. The lowest BCUT2D eigenvalue weighted by Crippen LogP contribution is -2.54. The lowest BCUT2D eigenvalue weighted by Gasteiger charge is -2.38. The number of aromatic nitrogens is 8. The number of tetrazole rings is 2. The summed E-state index contributed by atoms with van der Waals surface area (Å²) in [6.07, 6.45) is -12.2. The molecule has 6 rings (SSSR count). The maximum atomic E-state index is 14.8. The molecule has 0 aliphatic rings. The quantitative estimate of drug-likeness (QED) is 0.0652. The van der Waals surface area contributed by atoms with Crippen molar-refractivity contribution in [2.75, 3.05) is 22.1 Å². The first-order valence-electron chi connectivity index (χ1n) is 15.5. The Hall–Kier alpha value is -6.16. The van der Waals surface area contributed by atoms with Crippen LogP contribution in [0.15, 0.2) is 107 Å². The third kappa shape index (κ3) is 8.04. The number of phenolic OH excluding ortho intramolecular Hbond substituents is 2. The normalized spacial score (nSPS) is 12.0. The highest BCUT2D eigenvalue weighted by molar-refractivity contribution is 8.00. The second-order valence-corrected chi connectivity index (χ2v) is 13.2. The molecule has 0 unspecified atom stereocenters. The maximum absolute atomic E-state index is 14.8. The number of carbonyl (C=O) groups is 2. The van der Waals surface area contributed by atoms with Crippen LogP contribution < -0.4 is 10.6 Å². The summed E-state index contributed by atoms with van der Waals surface area (Å²) in [5, 5.41) is 48.6. The van der Waals surface area contributed by atoms with Crippen molar-refractivity contribution < 1.29 is 46.1 Å². The number of benzene rings is 4. The number of thioether (sulfide) groups is 2. The number of hydrogen-bond donors (Lipinski definition) is 4. The van der Waals surface area contributed by atoms with E-state index in [0.29, 0.717) is 35.6 Å². The van der Waals surface area contributed by atoms with Crippen LogP contribution >= 0.6 is 23.5 Å². The van der Waals surface area contributed by atoms with Gasteiger partial charge in [-0.1, -0.05) is 72.1 Å². The summed E-state index contributed by atoms with van der Waals surface area (Å²) in [5.74, 6) is -4.49. The molecular formula is C33H24F6N10O4S2. The molecule has 55 heavy (non-hydrogen) atoms. The first kappa shape index (κ1) is 38.6. The van der Waals surface area contributed by atoms with Crippen LogP contribution in [-0.2, 0) is 15.0 Å². The molecule has 4 aromatic carbocycles. The predicted octanol–water partition coefficient (Wildman–Crippen LogP) is 5.92. The summed E-state index contributed by atoms with van der Waals surface area (Å²) in [6, 6.07) is 20.0. The van der Waals surface area contributed by atoms with Gasteiger partial charge >= 0.3 is 12.4 Å². The van der Waals surface area contributed by atoms with Gasteiger partial charge in [-0.25, -0.2) is 0 Å². The zero-order valence-electron chi connectivity index (χ0n) is 27.5. The first-order chi connectivity index (χ1) is 26.2. The maximum Gasteiger partial charge on any atom is 0.411 e. The van der Waals surface area contributed by atoms with E-state index >= 15 is 0 Å². The topological polar surface area (TPSA) is 186 Å². The molecule has 2 amide bonds. The van der Waals surface area contributed by atoms with Crippen LogP contribution in [0.4, 0.5) is 37.7 Å². The van der Waals surface area contributed by atoms with Crippen LogP contribution in [0.1, 0.15) is 11.1 Å². The highest BCUT2D eigenvalue weighted by Crippen LogP contribution is 2.57. The minimum absolute atomic E-state index is 0.204. The van der Waals surface area contributed by atoms with Crippen LogP contribution in [0.3, 0.4) is 0 Å². The fraction of sp³-hybridized carbons (Fsp3) is 0.152. The van der Waals surface area contributed by atoms with Crippen molar-refractivity contribution in [1.82, 2.24) is 40.4 Å². The van der Waals surface area contributed by atoms with Crippen LogP contribution in [0.25, 0.3) is 11.4 Å². The molecule has 0 aliphatic heterocycles. The Balaban J connectivity index is 1.19. The van der Waals surface area contributed by atoms with E-state index in [1.165, 1.54) is 9.36 Å². The Morgan fingerprint density at radius 3 is 1.33 bits per heavy atom. The van der Waals surface area contributed by atoms with E-state index in [9.17, 15) is 46.1 Å². The third-order valence-electron chi connectivity index (χ3n) is 7.81. The van der Waals surface area contributed by atoms with Gasteiger partial charge in [0.25, 0.3) is 0 Å². The molecule has 2 heterocycles. The van der Waals surface area contributed by atoms with E-state index in [2.05, 4.69) is 41.7 Å². The van der Waals surface area contributed by atoms with Gasteiger partial charge in [0, 0.05) is 0 Å². The average Bonchev–Trinajstić information content (AvgIpc) is 3.82. The van der Waals surface area contributed by atoms with Crippen molar-refractivity contribution in [3.63, 3.8) is 0 Å². The molecule has 0 saturated carbocycles. The van der Waals surface area contributed by atoms with Gasteiger partial charge in [-0.2, -0.15) is 35.7 Å². The molecule has 22 heteroatoms. The van der Waals surface area contributed by atoms with Crippen molar-refractivity contribution in [1.29, 1.82) is 0 Å². The largest absolute Gasteiger partial charge is 0.506 e. The highest BCUT2D eigenvalue weighted by Gasteiger charge is 2.72. The van der Waals surface area contributed by atoms with E-state index in [1.807, 2.05) is 0 Å². The number of phenols is 2. The Bertz CT molecular complexity index is 2150. The van der Waals surface area contributed by atoms with Gasteiger partial charge < -0.3 is 20.8 Å². The molecule has 0 spiro atoms. The van der Waals surface area contributed by atoms with Crippen molar-refractivity contribution in [2.24, 2.45) is 0 Å². The van der Waals surface area contributed by atoms with Gasteiger partial charge in [0.2, 0.25) is 27.5 Å². The second kappa shape index (κ2) is 15.7. The molecule has 6 aromatic rings. The highest BCUT2D eigenvalue weighted by atomic mass is 32.2. The lowest BCUT2D eigenvalue weighted by molar-refractivity contribution is -0.288. The van der Waals surface area contributed by atoms with E-state index in [-0.39, 0.29) is 34.0 Å². The zero-order chi connectivity index (χ0) is 39.4. The first-order valence-corrected chi connectivity index (χ1v) is 17.5. The van der Waals surface area contributed by atoms with Crippen molar-refractivity contribution in [2.45, 2.75) is 28.1 Å². The number of halogens is 6. The smallest absolute Gasteiger partial charge is 0.411 e. The number of nitrogens with zero attached hydrogens (tertiary/aromatic N) is 8. The van der Waals surface area contributed by atoms with E-state index < -0.39 is 63.6 Å². The van der Waals surface area contributed by atoms with E-state index in [0.717, 1.165) is 23.5 Å². The number of amides is 2. The average molecular weight is 803 g/mol. The Labute approximate surface area is 313 Å². The number of para-hydroxylation sites is 2. The molecule has 2 aromatic heterocycles. The summed E-state index contributed by atoms with van der Waals surface area (Å²) in [7, 11) is 0. The van der Waals surface area contributed by atoms with Gasteiger partial charge in [-0.15, -0.1) is 10.2 Å².